The molecule has 1 aromatic carbocycles. The van der Waals surface area contributed by atoms with E-state index in [0.29, 0.717) is 12.3 Å². The lowest BCUT2D eigenvalue weighted by molar-refractivity contribution is 0.362. The van der Waals surface area contributed by atoms with Crippen LogP contribution in [0.25, 0.3) is 11.1 Å². The Hall–Kier alpha value is -2.60. The molecule has 0 saturated carbocycles. The van der Waals surface area contributed by atoms with E-state index in [1.165, 1.54) is 0 Å². The van der Waals surface area contributed by atoms with Crippen LogP contribution in [0, 0.1) is 11.3 Å². The number of aromatic nitrogens is 1. The summed E-state index contributed by atoms with van der Waals surface area (Å²) in [6, 6.07) is 13.5. The molecule has 0 unspecified atom stereocenters. The van der Waals surface area contributed by atoms with Gasteiger partial charge in [0.05, 0.1) is 0 Å². The Balaban J connectivity index is 2.03. The lowest BCUT2D eigenvalue weighted by Gasteiger charge is -2.05. The lowest BCUT2D eigenvalue weighted by Crippen LogP contribution is -1.93. The molecule has 3 nitrogen and oxygen atoms in total. The SMILES string of the molecule is CCC=CCOc1ccc(-c2ccc(C#N)nc2)cc1. The van der Waals surface area contributed by atoms with Gasteiger partial charge in [-0.2, -0.15) is 5.26 Å². The minimum atomic E-state index is 0.427. The molecule has 0 bridgehead atoms. The molecular formula is C17H16N2O. The van der Waals surface area contributed by atoms with Crippen LogP contribution < -0.4 is 4.74 Å². The van der Waals surface area contributed by atoms with Crippen LogP contribution in [0.1, 0.15) is 19.0 Å². The van der Waals surface area contributed by atoms with Gasteiger partial charge in [0.1, 0.15) is 24.1 Å². The largest absolute Gasteiger partial charge is 0.490 e. The van der Waals surface area contributed by atoms with E-state index in [0.717, 1.165) is 23.3 Å². The third kappa shape index (κ3) is 3.69. The number of benzene rings is 1. The number of nitrogens with zero attached hydrogens (tertiary/aromatic N) is 2. The average molecular weight is 264 g/mol. The molecule has 0 amide bonds. The molecule has 0 radical (unpaired) electrons. The van der Waals surface area contributed by atoms with Crippen molar-refractivity contribution in [2.75, 3.05) is 6.61 Å². The van der Waals surface area contributed by atoms with Crippen LogP contribution in [0.5, 0.6) is 5.75 Å². The Morgan fingerprint density at radius 3 is 2.45 bits per heavy atom. The first-order chi connectivity index (χ1) is 9.83. The molecule has 20 heavy (non-hydrogen) atoms. The highest BCUT2D eigenvalue weighted by atomic mass is 16.5. The van der Waals surface area contributed by atoms with Crippen LogP contribution >= 0.6 is 0 Å². The summed E-state index contributed by atoms with van der Waals surface area (Å²) in [5.41, 5.74) is 2.47. The van der Waals surface area contributed by atoms with Crippen molar-refractivity contribution in [2.45, 2.75) is 13.3 Å². The number of nitriles is 1. The van der Waals surface area contributed by atoms with Crippen molar-refractivity contribution in [2.24, 2.45) is 0 Å². The molecule has 0 aliphatic heterocycles. The van der Waals surface area contributed by atoms with E-state index in [9.17, 15) is 0 Å². The fourth-order valence-electron chi connectivity index (χ4n) is 1.75. The second kappa shape index (κ2) is 7.10. The summed E-state index contributed by atoms with van der Waals surface area (Å²) in [6.07, 6.45) is 6.82. The summed E-state index contributed by atoms with van der Waals surface area (Å²) in [5, 5.41) is 8.72. The Morgan fingerprint density at radius 2 is 1.85 bits per heavy atom. The molecule has 0 atom stereocenters. The number of hydrogen-bond donors (Lipinski definition) is 0. The highest BCUT2D eigenvalue weighted by molar-refractivity contribution is 5.63. The van der Waals surface area contributed by atoms with Crippen LogP contribution in [0.4, 0.5) is 0 Å². The molecule has 0 fully saturated rings. The number of hydrogen-bond acceptors (Lipinski definition) is 3. The number of allylic oxidation sites excluding steroid dienone is 1. The van der Waals surface area contributed by atoms with Crippen molar-refractivity contribution in [3.8, 4) is 22.9 Å². The Bertz CT molecular complexity index is 607. The van der Waals surface area contributed by atoms with Gasteiger partial charge in [-0.05, 0) is 36.2 Å². The maximum absolute atomic E-state index is 8.72. The van der Waals surface area contributed by atoms with Gasteiger partial charge in [0, 0.05) is 11.8 Å². The van der Waals surface area contributed by atoms with Gasteiger partial charge < -0.3 is 4.74 Å². The van der Waals surface area contributed by atoms with E-state index >= 15 is 0 Å². The zero-order chi connectivity index (χ0) is 14.2. The normalized spacial score (nSPS) is 10.4. The summed E-state index contributed by atoms with van der Waals surface area (Å²) >= 11 is 0. The van der Waals surface area contributed by atoms with Gasteiger partial charge in [-0.25, -0.2) is 4.98 Å². The maximum atomic E-state index is 8.72. The minimum Gasteiger partial charge on any atom is -0.490 e. The zero-order valence-electron chi connectivity index (χ0n) is 11.4. The quantitative estimate of drug-likeness (QED) is 0.768. The second-order valence-electron chi connectivity index (χ2n) is 4.26. The summed E-state index contributed by atoms with van der Waals surface area (Å²) in [5.74, 6) is 0.844. The first-order valence-electron chi connectivity index (χ1n) is 6.58. The van der Waals surface area contributed by atoms with Crippen LogP contribution in [0.3, 0.4) is 0 Å². The highest BCUT2D eigenvalue weighted by Crippen LogP contribution is 2.21. The average Bonchev–Trinajstić information content (AvgIpc) is 2.52. The van der Waals surface area contributed by atoms with Gasteiger partial charge >= 0.3 is 0 Å². The number of pyridine rings is 1. The van der Waals surface area contributed by atoms with Gasteiger partial charge in [-0.1, -0.05) is 31.2 Å². The number of ether oxygens (including phenoxy) is 1. The summed E-state index contributed by atoms with van der Waals surface area (Å²) < 4.78 is 5.59. The Kier molecular flexibility index (Phi) is 4.91. The van der Waals surface area contributed by atoms with E-state index in [4.69, 9.17) is 10.00 Å². The van der Waals surface area contributed by atoms with Crippen molar-refractivity contribution in [3.63, 3.8) is 0 Å². The van der Waals surface area contributed by atoms with Gasteiger partial charge in [0.2, 0.25) is 0 Å². The van der Waals surface area contributed by atoms with Crippen LogP contribution in [0.2, 0.25) is 0 Å². The fourth-order valence-corrected chi connectivity index (χ4v) is 1.75. The van der Waals surface area contributed by atoms with Gasteiger partial charge in [-0.15, -0.1) is 0 Å². The second-order valence-corrected chi connectivity index (χ2v) is 4.26. The lowest BCUT2D eigenvalue weighted by atomic mass is 10.1. The minimum absolute atomic E-state index is 0.427. The molecule has 0 aliphatic carbocycles. The summed E-state index contributed by atoms with van der Waals surface area (Å²) in [4.78, 5) is 4.06. The molecule has 100 valence electrons. The molecule has 0 saturated heterocycles. The van der Waals surface area contributed by atoms with Crippen molar-refractivity contribution < 1.29 is 4.74 Å². The van der Waals surface area contributed by atoms with Crippen molar-refractivity contribution in [1.29, 1.82) is 5.26 Å². The first-order valence-corrected chi connectivity index (χ1v) is 6.58. The van der Waals surface area contributed by atoms with E-state index in [2.05, 4.69) is 18.0 Å². The molecule has 2 rings (SSSR count). The first kappa shape index (κ1) is 13.8. The zero-order valence-corrected chi connectivity index (χ0v) is 11.4. The molecule has 0 N–H and O–H groups in total. The number of rotatable bonds is 5. The van der Waals surface area contributed by atoms with Crippen molar-refractivity contribution >= 4 is 0 Å². The third-order valence-corrected chi connectivity index (χ3v) is 2.81. The molecule has 3 heteroatoms. The van der Waals surface area contributed by atoms with Gasteiger partial charge in [0.25, 0.3) is 0 Å². The third-order valence-electron chi connectivity index (χ3n) is 2.81. The van der Waals surface area contributed by atoms with E-state index in [1.54, 1.807) is 12.3 Å². The smallest absolute Gasteiger partial charge is 0.140 e. The van der Waals surface area contributed by atoms with E-state index in [-0.39, 0.29) is 0 Å². The molecule has 1 aromatic heterocycles. The fraction of sp³-hybridized carbons (Fsp3) is 0.176. The summed E-state index contributed by atoms with van der Waals surface area (Å²) in [7, 11) is 0. The van der Waals surface area contributed by atoms with Gasteiger partial charge in [-0.3, -0.25) is 0 Å². The molecule has 2 aromatic rings. The van der Waals surface area contributed by atoms with Gasteiger partial charge in [0.15, 0.2) is 0 Å². The van der Waals surface area contributed by atoms with E-state index in [1.807, 2.05) is 42.5 Å². The predicted octanol–water partition coefficient (Wildman–Crippen LogP) is 3.97. The van der Waals surface area contributed by atoms with Crippen LogP contribution in [0.15, 0.2) is 54.7 Å². The Labute approximate surface area is 119 Å². The van der Waals surface area contributed by atoms with Crippen LogP contribution in [-0.2, 0) is 0 Å². The van der Waals surface area contributed by atoms with Crippen molar-refractivity contribution in [3.05, 3.63) is 60.4 Å². The van der Waals surface area contributed by atoms with E-state index < -0.39 is 0 Å². The monoisotopic (exact) mass is 264 g/mol. The topological polar surface area (TPSA) is 45.9 Å². The van der Waals surface area contributed by atoms with Crippen molar-refractivity contribution in [1.82, 2.24) is 4.98 Å². The molecular weight excluding hydrogens is 248 g/mol. The highest BCUT2D eigenvalue weighted by Gasteiger charge is 1.99. The molecule has 0 spiro atoms. The molecule has 0 aliphatic rings. The standard InChI is InChI=1S/C17H16N2O/c1-2-3-4-11-20-17-9-6-14(7-10-17)15-5-8-16(12-18)19-13-15/h3-10,13H,2,11H2,1H3. The molecule has 1 heterocycles. The predicted molar refractivity (Wildman–Crippen MR) is 79.3 cm³/mol. The summed E-state index contributed by atoms with van der Waals surface area (Å²) in [6.45, 7) is 2.68. The van der Waals surface area contributed by atoms with Crippen LogP contribution in [-0.4, -0.2) is 11.6 Å². The maximum Gasteiger partial charge on any atom is 0.140 e. The Morgan fingerprint density at radius 1 is 1.10 bits per heavy atom.